The van der Waals surface area contributed by atoms with E-state index >= 15 is 0 Å². The molecule has 1 fully saturated rings. The zero-order chi connectivity index (χ0) is 13.9. The molecule has 2 heterocycles. The third-order valence-corrected chi connectivity index (χ3v) is 4.91. The van der Waals surface area contributed by atoms with Crippen LogP contribution in [0.3, 0.4) is 0 Å². The molecule has 0 bridgehead atoms. The zero-order valence-corrected chi connectivity index (χ0v) is 11.9. The average Bonchev–Trinajstić information content (AvgIpc) is 2.94. The van der Waals surface area contributed by atoms with Gasteiger partial charge in [-0.3, -0.25) is 4.79 Å². The molecule has 0 radical (unpaired) electrons. The predicted molar refractivity (Wildman–Crippen MR) is 79.0 cm³/mol. The van der Waals surface area contributed by atoms with Crippen molar-refractivity contribution in [3.63, 3.8) is 0 Å². The van der Waals surface area contributed by atoms with Crippen LogP contribution in [-0.2, 0) is 4.79 Å². The van der Waals surface area contributed by atoms with Gasteiger partial charge in [-0.2, -0.15) is 0 Å². The first kappa shape index (κ1) is 13.3. The number of aliphatic carboxylic acids is 1. The second-order valence-electron chi connectivity index (χ2n) is 5.23. The molecule has 3 rings (SSSR count). The van der Waals surface area contributed by atoms with E-state index in [1.54, 1.807) is 17.7 Å². The molecule has 2 aromatic heterocycles. The summed E-state index contributed by atoms with van der Waals surface area (Å²) in [6, 6.07) is 1.97. The Bertz CT molecular complexity index is 613. The Labute approximate surface area is 121 Å². The first-order valence-electron chi connectivity index (χ1n) is 6.90. The molecule has 2 N–H and O–H groups in total. The number of hydrogen-bond acceptors (Lipinski definition) is 5. The number of nitrogens with one attached hydrogen (secondary N) is 1. The highest BCUT2D eigenvalue weighted by molar-refractivity contribution is 7.17. The first-order chi connectivity index (χ1) is 9.75. The zero-order valence-electron chi connectivity index (χ0n) is 11.1. The van der Waals surface area contributed by atoms with E-state index in [1.807, 2.05) is 11.4 Å². The maximum atomic E-state index is 11.3. The number of carboxylic acids is 1. The van der Waals surface area contributed by atoms with E-state index in [0.717, 1.165) is 41.7 Å². The van der Waals surface area contributed by atoms with Gasteiger partial charge in [-0.1, -0.05) is 12.8 Å². The van der Waals surface area contributed by atoms with Crippen LogP contribution in [0.2, 0.25) is 0 Å². The van der Waals surface area contributed by atoms with Crippen molar-refractivity contribution >= 4 is 33.3 Å². The molecule has 0 amide bonds. The van der Waals surface area contributed by atoms with Crippen molar-refractivity contribution in [2.24, 2.45) is 11.8 Å². The lowest BCUT2D eigenvalue weighted by molar-refractivity contribution is -0.144. The molecular weight excluding hydrogens is 274 g/mol. The minimum absolute atomic E-state index is 0.186. The van der Waals surface area contributed by atoms with Crippen LogP contribution in [0.1, 0.15) is 25.7 Å². The molecule has 6 heteroatoms. The minimum atomic E-state index is -0.666. The monoisotopic (exact) mass is 291 g/mol. The van der Waals surface area contributed by atoms with Crippen LogP contribution >= 0.6 is 11.3 Å². The Kier molecular flexibility index (Phi) is 3.82. The number of anilines is 1. The van der Waals surface area contributed by atoms with E-state index in [1.165, 1.54) is 0 Å². The van der Waals surface area contributed by atoms with Gasteiger partial charge in [0.15, 0.2) is 0 Å². The predicted octanol–water partition coefficient (Wildman–Crippen LogP) is 2.99. The van der Waals surface area contributed by atoms with Gasteiger partial charge in [-0.25, -0.2) is 9.97 Å². The fourth-order valence-corrected chi connectivity index (χ4v) is 3.73. The van der Waals surface area contributed by atoms with E-state index < -0.39 is 5.97 Å². The Morgan fingerprint density at radius 2 is 2.25 bits per heavy atom. The van der Waals surface area contributed by atoms with Gasteiger partial charge in [0.25, 0.3) is 0 Å². The molecule has 5 nitrogen and oxygen atoms in total. The van der Waals surface area contributed by atoms with Gasteiger partial charge in [-0.05, 0) is 30.2 Å². The van der Waals surface area contributed by atoms with Crippen molar-refractivity contribution in [1.82, 2.24) is 9.97 Å². The second-order valence-corrected chi connectivity index (χ2v) is 6.14. The number of hydrogen-bond donors (Lipinski definition) is 2. The molecular formula is C14H17N3O2S. The summed E-state index contributed by atoms with van der Waals surface area (Å²) in [5.74, 6) is 0.114. The smallest absolute Gasteiger partial charge is 0.306 e. The highest BCUT2D eigenvalue weighted by Crippen LogP contribution is 2.31. The average molecular weight is 291 g/mol. The van der Waals surface area contributed by atoms with Crippen molar-refractivity contribution in [1.29, 1.82) is 0 Å². The van der Waals surface area contributed by atoms with Crippen LogP contribution in [0.5, 0.6) is 0 Å². The molecule has 2 aromatic rings. The van der Waals surface area contributed by atoms with Gasteiger partial charge >= 0.3 is 5.97 Å². The largest absolute Gasteiger partial charge is 0.481 e. The highest BCUT2D eigenvalue weighted by Gasteiger charge is 2.30. The van der Waals surface area contributed by atoms with E-state index in [2.05, 4.69) is 15.3 Å². The molecule has 0 aromatic carbocycles. The Hall–Kier alpha value is -1.69. The van der Waals surface area contributed by atoms with Crippen molar-refractivity contribution in [2.75, 3.05) is 11.9 Å². The molecule has 0 aliphatic heterocycles. The number of aromatic nitrogens is 2. The number of nitrogens with zero attached hydrogens (tertiary/aromatic N) is 2. The molecule has 1 aliphatic rings. The van der Waals surface area contributed by atoms with Gasteiger partial charge in [-0.15, -0.1) is 11.3 Å². The van der Waals surface area contributed by atoms with Gasteiger partial charge in [0.05, 0.1) is 16.1 Å². The summed E-state index contributed by atoms with van der Waals surface area (Å²) < 4.78 is 1.04. The summed E-state index contributed by atoms with van der Waals surface area (Å²) in [5, 5.41) is 14.6. The van der Waals surface area contributed by atoms with Crippen molar-refractivity contribution in [3.05, 3.63) is 17.8 Å². The Balaban J connectivity index is 1.72. The van der Waals surface area contributed by atoms with Crippen molar-refractivity contribution in [3.8, 4) is 0 Å². The molecule has 1 saturated carbocycles. The normalized spacial score (nSPS) is 22.8. The summed E-state index contributed by atoms with van der Waals surface area (Å²) in [6.07, 6.45) is 5.46. The van der Waals surface area contributed by atoms with Crippen LogP contribution in [0.4, 0.5) is 5.82 Å². The third-order valence-electron chi connectivity index (χ3n) is 4.00. The molecule has 106 valence electrons. The van der Waals surface area contributed by atoms with Crippen molar-refractivity contribution in [2.45, 2.75) is 25.7 Å². The standard InChI is InChI=1S/C14H17N3O2S/c18-14(19)10-4-2-1-3-9(10)7-15-13-12-11(5-6-20-12)16-8-17-13/h5-6,8-10H,1-4,7H2,(H,18,19)(H,15,16,17). The highest BCUT2D eigenvalue weighted by atomic mass is 32.1. The van der Waals surface area contributed by atoms with Gasteiger partial charge < -0.3 is 10.4 Å². The molecule has 0 spiro atoms. The van der Waals surface area contributed by atoms with Gasteiger partial charge in [0.2, 0.25) is 0 Å². The first-order valence-corrected chi connectivity index (χ1v) is 7.78. The maximum Gasteiger partial charge on any atom is 0.306 e. The third kappa shape index (κ3) is 2.60. The lowest BCUT2D eigenvalue weighted by Gasteiger charge is -2.28. The fourth-order valence-electron chi connectivity index (χ4n) is 2.92. The van der Waals surface area contributed by atoms with E-state index in [0.29, 0.717) is 6.54 Å². The minimum Gasteiger partial charge on any atom is -0.481 e. The van der Waals surface area contributed by atoms with Crippen LogP contribution < -0.4 is 5.32 Å². The summed E-state index contributed by atoms with van der Waals surface area (Å²) in [6.45, 7) is 0.668. The number of rotatable bonds is 4. The summed E-state index contributed by atoms with van der Waals surface area (Å²) in [7, 11) is 0. The van der Waals surface area contributed by atoms with Crippen LogP contribution in [0.15, 0.2) is 17.8 Å². The SMILES string of the molecule is O=C(O)C1CCCCC1CNc1ncnc2ccsc12. The fraction of sp³-hybridized carbons (Fsp3) is 0.500. The van der Waals surface area contributed by atoms with Gasteiger partial charge in [0.1, 0.15) is 12.1 Å². The number of carbonyl (C=O) groups is 1. The molecule has 20 heavy (non-hydrogen) atoms. The van der Waals surface area contributed by atoms with Crippen LogP contribution in [0.25, 0.3) is 10.2 Å². The van der Waals surface area contributed by atoms with Crippen molar-refractivity contribution < 1.29 is 9.90 Å². The molecule has 1 aliphatic carbocycles. The topological polar surface area (TPSA) is 75.1 Å². The lowest BCUT2D eigenvalue weighted by atomic mass is 9.79. The molecule has 2 atom stereocenters. The van der Waals surface area contributed by atoms with E-state index in [9.17, 15) is 9.90 Å². The summed E-state index contributed by atoms with van der Waals surface area (Å²) >= 11 is 1.60. The number of fused-ring (bicyclic) bond motifs is 1. The van der Waals surface area contributed by atoms with E-state index in [-0.39, 0.29) is 11.8 Å². The van der Waals surface area contributed by atoms with E-state index in [4.69, 9.17) is 0 Å². The quantitative estimate of drug-likeness (QED) is 0.905. The Morgan fingerprint density at radius 3 is 3.10 bits per heavy atom. The summed E-state index contributed by atoms with van der Waals surface area (Å²) in [4.78, 5) is 19.8. The lowest BCUT2D eigenvalue weighted by Crippen LogP contribution is -2.31. The second kappa shape index (κ2) is 5.75. The Morgan fingerprint density at radius 1 is 1.40 bits per heavy atom. The van der Waals surface area contributed by atoms with Gasteiger partial charge in [0, 0.05) is 6.54 Å². The number of thiophene rings is 1. The van der Waals surface area contributed by atoms with Crippen LogP contribution in [0, 0.1) is 11.8 Å². The maximum absolute atomic E-state index is 11.3. The van der Waals surface area contributed by atoms with Crippen LogP contribution in [-0.4, -0.2) is 27.6 Å². The molecule has 0 saturated heterocycles. The number of carboxylic acid groups (broad SMARTS) is 1. The molecule has 2 unspecified atom stereocenters. The summed E-state index contributed by atoms with van der Waals surface area (Å²) in [5.41, 5.74) is 0.936.